The van der Waals surface area contributed by atoms with E-state index in [1.54, 1.807) is 30.9 Å². The van der Waals surface area contributed by atoms with Crippen molar-refractivity contribution in [1.82, 2.24) is 47.0 Å². The van der Waals surface area contributed by atoms with E-state index in [0.29, 0.717) is 53.9 Å². The summed E-state index contributed by atoms with van der Waals surface area (Å²) in [6, 6.07) is -0.990. The third kappa shape index (κ3) is 16.0. The summed E-state index contributed by atoms with van der Waals surface area (Å²) in [4.78, 5) is 152. The molecular weight excluding hydrogens is 1200 g/mol. The lowest BCUT2D eigenvalue weighted by Crippen LogP contribution is -2.61. The van der Waals surface area contributed by atoms with Crippen LogP contribution in [0.2, 0.25) is 0 Å². The fourth-order valence-electron chi connectivity index (χ4n) is 13.9. The molecule has 4 bridgehead atoms. The molecule has 13 N–H and O–H groups in total. The molecule has 498 valence electrons. The molecule has 5 heterocycles. The fraction of sp³-hybridized carbons (Fsp3) is 0.642. The molecule has 2 aliphatic carbocycles. The summed E-state index contributed by atoms with van der Waals surface area (Å²) in [6.45, 7) is 16.4. The van der Waals surface area contributed by atoms with Crippen molar-refractivity contribution in [3.63, 3.8) is 0 Å². The average molecular weight is 1300 g/mol. The summed E-state index contributed by atoms with van der Waals surface area (Å²) in [7, 11) is 0. The topological polar surface area (TPSA) is 339 Å². The van der Waals surface area contributed by atoms with Gasteiger partial charge in [-0.25, -0.2) is 0 Å². The first-order chi connectivity index (χ1) is 43.3. The number of rotatable bonds is 16. The highest BCUT2D eigenvalue weighted by atomic mass is 32.2. The van der Waals surface area contributed by atoms with Gasteiger partial charge in [-0.1, -0.05) is 71.9 Å². The Kier molecular flexibility index (Phi) is 24.1. The maximum Gasteiger partial charge on any atom is 0.258 e. The Morgan fingerprint density at radius 1 is 0.505 bits per heavy atom. The van der Waals surface area contributed by atoms with Crippen molar-refractivity contribution >= 4 is 82.5 Å². The van der Waals surface area contributed by atoms with Crippen molar-refractivity contribution in [3.8, 4) is 0 Å². The standard InChI is InChI=1S/C67H98N12O10S2/c1-37(2)32-48-60(84)76-50(34-40-18-10-9-11-19-40)65(89)79-31-17-26-52(79)61(85)77-55(39(5)6)63(87)73-47(24-15-29-70)59(83)75-49(33-38(3)4)64(88)78-30-16-25-51(78)56(80)53-35-43-41-20-12-21-42(41)44-36-54(91-67(44,8)66(43,7)90-53)62(86)72-46(23-14-28-69)57(81)71-45(22-13-27-68)58(82)74-48/h9-11,18-19,35-39,45-52,55H,12-17,20-34,68-70H2,1-8H3,(H,71,81)(H,72,86)(H,73,87)(H,74,82)(H,75,83)(H,76,84)(H,77,85)/t45-,46-,47-,48-,49-,50+,51+,52-,55-,66-,67-/m0/s1. The summed E-state index contributed by atoms with van der Waals surface area (Å²) in [6.07, 6.45) is 9.73. The van der Waals surface area contributed by atoms with Crippen LogP contribution < -0.4 is 54.4 Å². The second-order valence-corrected chi connectivity index (χ2v) is 29.9. The van der Waals surface area contributed by atoms with Crippen molar-refractivity contribution in [2.45, 2.75) is 222 Å². The third-order valence-corrected chi connectivity index (χ3v) is 22.2. The van der Waals surface area contributed by atoms with Gasteiger partial charge in [0.15, 0.2) is 5.78 Å². The Labute approximate surface area is 544 Å². The van der Waals surface area contributed by atoms with Crippen molar-refractivity contribution in [1.29, 1.82) is 0 Å². The number of nitrogens with two attached hydrogens (primary N) is 3. The molecule has 3 saturated heterocycles. The highest BCUT2D eigenvalue weighted by Crippen LogP contribution is 2.68. The quantitative estimate of drug-likeness (QED) is 0.113. The molecule has 22 nitrogen and oxygen atoms in total. The SMILES string of the molecule is CC(C)C[C@@H]1NC(=O)[C@H](CCCN)NC(=O)[C@H](CCCN)NC(=O)C2=CC3=C4CCCC4=C4C=C(S[C@]4(C)[C@@]3(C)S2)C(=O)[C@H]2CCCN2C(=O)[C@H](CC(C)C)NC(=O)[C@H](CCCN)NC(=O)[C@H](C(C)C)NC(=O)[C@@H]2CCCN2C(=O)[C@@H](Cc2ccccc2)NC1=O. The van der Waals surface area contributed by atoms with Crippen molar-refractivity contribution in [2.75, 3.05) is 32.7 Å². The molecule has 5 aliphatic heterocycles. The van der Waals surface area contributed by atoms with Crippen molar-refractivity contribution in [2.24, 2.45) is 35.0 Å². The first-order valence-corrected chi connectivity index (χ1v) is 34.7. The summed E-state index contributed by atoms with van der Waals surface area (Å²) in [5.41, 5.74) is 23.0. The minimum atomic E-state index is -1.23. The van der Waals surface area contributed by atoms with Gasteiger partial charge in [-0.15, -0.1) is 23.5 Å². The lowest BCUT2D eigenvalue weighted by molar-refractivity contribution is -0.143. The van der Waals surface area contributed by atoms with E-state index in [1.807, 2.05) is 58.0 Å². The normalized spacial score (nSPS) is 30.2. The molecule has 1 aromatic carbocycles. The zero-order valence-electron chi connectivity index (χ0n) is 54.3. The molecule has 11 atom stereocenters. The second-order valence-electron chi connectivity index (χ2n) is 27.0. The highest BCUT2D eigenvalue weighted by Gasteiger charge is 2.61. The van der Waals surface area contributed by atoms with Crippen LogP contribution >= 0.6 is 23.5 Å². The van der Waals surface area contributed by atoms with Crippen LogP contribution in [0.4, 0.5) is 0 Å². The molecule has 0 radical (unpaired) electrons. The van der Waals surface area contributed by atoms with E-state index in [9.17, 15) is 33.6 Å². The van der Waals surface area contributed by atoms with E-state index in [-0.39, 0.29) is 95.3 Å². The Bertz CT molecular complexity index is 3080. The van der Waals surface area contributed by atoms with Gasteiger partial charge >= 0.3 is 0 Å². The molecule has 7 aliphatic rings. The number of nitrogens with zero attached hydrogens (tertiary/aromatic N) is 2. The first-order valence-electron chi connectivity index (χ1n) is 33.1. The summed E-state index contributed by atoms with van der Waals surface area (Å²) in [5, 5.41) is 20.5. The molecule has 9 amide bonds. The molecule has 1 aromatic rings. The lowest BCUT2D eigenvalue weighted by Gasteiger charge is -2.47. The number of amides is 9. The summed E-state index contributed by atoms with van der Waals surface area (Å²) in [5.74, 6) is -6.26. The van der Waals surface area contributed by atoms with Crippen LogP contribution in [0, 0.1) is 17.8 Å². The van der Waals surface area contributed by atoms with Gasteiger partial charge in [0.2, 0.25) is 47.3 Å². The monoisotopic (exact) mass is 1290 g/mol. The number of carbonyl (C=O) groups excluding carboxylic acids is 10. The van der Waals surface area contributed by atoms with Gasteiger partial charge in [-0.3, -0.25) is 47.9 Å². The molecule has 0 aromatic heterocycles. The number of benzene rings is 1. The van der Waals surface area contributed by atoms with E-state index in [1.165, 1.54) is 28.4 Å². The van der Waals surface area contributed by atoms with Gasteiger partial charge in [0.1, 0.15) is 48.3 Å². The van der Waals surface area contributed by atoms with Crippen LogP contribution in [0.3, 0.4) is 0 Å². The number of nitrogens with one attached hydrogen (secondary N) is 7. The second kappa shape index (κ2) is 31.1. The summed E-state index contributed by atoms with van der Waals surface area (Å²) >= 11 is 2.83. The minimum Gasteiger partial charge on any atom is -0.343 e. The maximum atomic E-state index is 15.2. The predicted molar refractivity (Wildman–Crippen MR) is 353 cm³/mol. The average Bonchev–Trinajstić information content (AvgIpc) is 1.54. The lowest BCUT2D eigenvalue weighted by atomic mass is 9.72. The zero-order valence-corrected chi connectivity index (χ0v) is 56.0. The summed E-state index contributed by atoms with van der Waals surface area (Å²) < 4.78 is -1.52. The van der Waals surface area contributed by atoms with E-state index in [2.05, 4.69) is 51.1 Å². The molecule has 91 heavy (non-hydrogen) atoms. The van der Waals surface area contributed by atoms with E-state index in [0.717, 1.165) is 41.6 Å². The first kappa shape index (κ1) is 70.5. The van der Waals surface area contributed by atoms with Crippen LogP contribution in [0.5, 0.6) is 0 Å². The number of ketones is 1. The smallest absolute Gasteiger partial charge is 0.258 e. The van der Waals surface area contributed by atoms with E-state index in [4.69, 9.17) is 17.2 Å². The van der Waals surface area contributed by atoms with Gasteiger partial charge < -0.3 is 64.2 Å². The van der Waals surface area contributed by atoms with Gasteiger partial charge in [-0.2, -0.15) is 0 Å². The maximum absolute atomic E-state index is 15.2. The van der Waals surface area contributed by atoms with Crippen LogP contribution in [0.25, 0.3) is 0 Å². The number of allylic oxidation sites excluding steroid dienone is 4. The highest BCUT2D eigenvalue weighted by molar-refractivity contribution is 8.10. The van der Waals surface area contributed by atoms with Gasteiger partial charge in [0.05, 0.1) is 25.3 Å². The molecule has 4 fully saturated rings. The Balaban J connectivity index is 1.16. The number of carbonyl (C=O) groups is 10. The largest absolute Gasteiger partial charge is 0.343 e. The van der Waals surface area contributed by atoms with Crippen molar-refractivity contribution in [3.05, 3.63) is 80.2 Å². The molecule has 1 saturated carbocycles. The molecule has 24 heteroatoms. The van der Waals surface area contributed by atoms with Crippen LogP contribution in [0.1, 0.15) is 157 Å². The van der Waals surface area contributed by atoms with Crippen LogP contribution in [-0.2, 0) is 54.4 Å². The Morgan fingerprint density at radius 2 is 0.945 bits per heavy atom. The third-order valence-electron chi connectivity index (χ3n) is 18.9. The Morgan fingerprint density at radius 3 is 1.48 bits per heavy atom. The zero-order chi connectivity index (χ0) is 66.1. The fourth-order valence-corrected chi connectivity index (χ4v) is 17.0. The van der Waals surface area contributed by atoms with Gasteiger partial charge in [0.25, 0.3) is 5.91 Å². The predicted octanol–water partition coefficient (Wildman–Crippen LogP) is 3.72. The number of hydrogen-bond donors (Lipinski definition) is 10. The number of thioether (sulfide) groups is 2. The van der Waals surface area contributed by atoms with Crippen LogP contribution in [0.15, 0.2) is 74.6 Å². The van der Waals surface area contributed by atoms with Crippen LogP contribution in [-0.4, -0.2) is 165 Å². The number of hydrogen-bond acceptors (Lipinski definition) is 15. The number of Topliss-reactive ketones (excluding diaryl/α,β-unsaturated/α-hetero) is 1. The molecule has 0 spiro atoms. The molecular formula is C67H98N12O10S2. The van der Waals surface area contributed by atoms with Gasteiger partial charge in [0, 0.05) is 19.5 Å². The Hall–Kier alpha value is -6.34. The van der Waals surface area contributed by atoms with Gasteiger partial charge in [-0.05, 0) is 188 Å². The van der Waals surface area contributed by atoms with E-state index >= 15 is 14.4 Å². The van der Waals surface area contributed by atoms with E-state index < -0.39 is 123 Å². The molecule has 0 unspecified atom stereocenters. The minimum absolute atomic E-state index is 0.0239. The number of fused-ring (bicyclic) bond motifs is 5. The van der Waals surface area contributed by atoms with Crippen molar-refractivity contribution < 1.29 is 47.9 Å². The molecule has 8 rings (SSSR count).